The van der Waals surface area contributed by atoms with E-state index >= 15 is 0 Å². The number of benzene rings is 2. The number of nitrogens with two attached hydrogens (primary N) is 2. The van der Waals surface area contributed by atoms with Gasteiger partial charge in [0.2, 0.25) is 11.7 Å². The molecule has 1 atom stereocenters. The zero-order chi connectivity index (χ0) is 28.9. The number of halogens is 1. The Kier molecular flexibility index (Phi) is 9.78. The Hall–Kier alpha value is -4.46. The quantitative estimate of drug-likeness (QED) is 0.200. The predicted molar refractivity (Wildman–Crippen MR) is 159 cm³/mol. The Bertz CT molecular complexity index is 1610. The molecule has 2 heterocycles. The fraction of sp³-hybridized carbons (Fsp3) is 0.321. The van der Waals surface area contributed by atoms with Gasteiger partial charge in [0, 0.05) is 17.7 Å². The van der Waals surface area contributed by atoms with Gasteiger partial charge < -0.3 is 16.5 Å². The van der Waals surface area contributed by atoms with Crippen LogP contribution in [0.25, 0.3) is 22.5 Å². The van der Waals surface area contributed by atoms with Crippen molar-refractivity contribution in [1.82, 2.24) is 30.6 Å². The molecule has 0 spiro atoms. The molecular weight excluding hydrogens is 562 g/mol. The summed E-state index contributed by atoms with van der Waals surface area (Å²) in [5, 5.41) is 13.9. The van der Waals surface area contributed by atoms with Crippen LogP contribution in [0.2, 0.25) is 0 Å². The number of aromatic nitrogens is 6. The van der Waals surface area contributed by atoms with Gasteiger partial charge in [-0.3, -0.25) is 19.4 Å². The molecule has 220 valence electrons. The lowest BCUT2D eigenvalue weighted by atomic mass is 9.81. The smallest absolute Gasteiger partial charge is 0.325 e. The third kappa shape index (κ3) is 6.70. The van der Waals surface area contributed by atoms with E-state index in [-0.39, 0.29) is 30.7 Å². The van der Waals surface area contributed by atoms with Crippen LogP contribution in [-0.4, -0.2) is 55.0 Å². The van der Waals surface area contributed by atoms with Crippen molar-refractivity contribution in [2.24, 2.45) is 23.3 Å². The summed E-state index contributed by atoms with van der Waals surface area (Å²) in [4.78, 5) is 56.8. The number of aromatic amines is 3. The Morgan fingerprint density at radius 1 is 0.976 bits per heavy atom. The maximum Gasteiger partial charge on any atom is 0.325 e. The Morgan fingerprint density at radius 3 is 2.24 bits per heavy atom. The highest BCUT2D eigenvalue weighted by Crippen LogP contribution is 2.32. The standard InChI is InChI=1S/C28H31N9O4.ClH/c29-14-17-3-7-20(8-4-17)26(39)37(21-11-9-19(10-12-21)24-33-35-36-34-24)27(40)23(30)13-16-1-5-18(6-2-16)22-15-31-28(41)32-25(22)38;/h1-2,5-6,9-12,15,17,20,23H,3-4,7-8,13-14,29-30H2,(H2,31,32,38,41)(H,33,34,35,36);1H/t17?,20?,23-;/m0./s1. The number of anilines is 1. The first-order valence-corrected chi connectivity index (χ1v) is 13.4. The number of amides is 2. The van der Waals surface area contributed by atoms with Crippen LogP contribution >= 0.6 is 12.4 Å². The summed E-state index contributed by atoms with van der Waals surface area (Å²) < 4.78 is 0. The van der Waals surface area contributed by atoms with E-state index in [4.69, 9.17) is 11.5 Å². The van der Waals surface area contributed by atoms with Crippen LogP contribution in [0.3, 0.4) is 0 Å². The van der Waals surface area contributed by atoms with Crippen LogP contribution in [0.1, 0.15) is 31.2 Å². The molecule has 0 saturated heterocycles. The number of tetrazole rings is 1. The molecule has 1 aliphatic rings. The Morgan fingerprint density at radius 2 is 1.64 bits per heavy atom. The summed E-state index contributed by atoms with van der Waals surface area (Å²) in [5.74, 6) is -0.315. The number of H-pyrrole nitrogens is 3. The van der Waals surface area contributed by atoms with Crippen molar-refractivity contribution in [3.8, 4) is 22.5 Å². The normalized spacial score (nSPS) is 17.2. The molecule has 2 amide bonds. The fourth-order valence-corrected chi connectivity index (χ4v) is 5.19. The number of carbonyl (C=O) groups is 2. The molecule has 13 nitrogen and oxygen atoms in total. The van der Waals surface area contributed by atoms with Crippen LogP contribution < -0.4 is 27.6 Å². The first kappa shape index (κ1) is 30.5. The van der Waals surface area contributed by atoms with Crippen molar-refractivity contribution in [2.45, 2.75) is 38.1 Å². The van der Waals surface area contributed by atoms with Crippen LogP contribution in [0.5, 0.6) is 0 Å². The lowest BCUT2D eigenvalue weighted by molar-refractivity contribution is -0.130. The lowest BCUT2D eigenvalue weighted by Crippen LogP contribution is -2.50. The second kappa shape index (κ2) is 13.5. The number of hydrogen-bond acceptors (Lipinski definition) is 9. The molecule has 42 heavy (non-hydrogen) atoms. The lowest BCUT2D eigenvalue weighted by Gasteiger charge is -2.32. The van der Waals surface area contributed by atoms with Gasteiger partial charge in [-0.15, -0.1) is 22.6 Å². The molecule has 5 rings (SSSR count). The summed E-state index contributed by atoms with van der Waals surface area (Å²) in [6.07, 6.45) is 4.51. The van der Waals surface area contributed by atoms with Gasteiger partial charge in [0.15, 0.2) is 0 Å². The second-order valence-corrected chi connectivity index (χ2v) is 10.2. The summed E-state index contributed by atoms with van der Waals surface area (Å²) in [6, 6.07) is 12.7. The summed E-state index contributed by atoms with van der Waals surface area (Å²) in [7, 11) is 0. The topological polar surface area (TPSA) is 210 Å². The minimum Gasteiger partial charge on any atom is -0.330 e. The van der Waals surface area contributed by atoms with Gasteiger partial charge in [-0.2, -0.15) is 5.21 Å². The number of hydrogen-bond donors (Lipinski definition) is 5. The maximum absolute atomic E-state index is 13.8. The van der Waals surface area contributed by atoms with Gasteiger partial charge in [0.25, 0.3) is 11.5 Å². The van der Waals surface area contributed by atoms with Gasteiger partial charge in [0.05, 0.1) is 17.3 Å². The van der Waals surface area contributed by atoms with Crippen molar-refractivity contribution < 1.29 is 9.59 Å². The van der Waals surface area contributed by atoms with Crippen molar-refractivity contribution in [2.75, 3.05) is 11.4 Å². The fourth-order valence-electron chi connectivity index (χ4n) is 5.19. The Labute approximate surface area is 246 Å². The first-order valence-electron chi connectivity index (χ1n) is 13.4. The molecule has 0 radical (unpaired) electrons. The molecular formula is C28H32ClN9O4. The van der Waals surface area contributed by atoms with Gasteiger partial charge in [-0.1, -0.05) is 24.3 Å². The van der Waals surface area contributed by atoms with Gasteiger partial charge in [-0.25, -0.2) is 9.69 Å². The van der Waals surface area contributed by atoms with Crippen LogP contribution in [0, 0.1) is 11.8 Å². The van der Waals surface area contributed by atoms with E-state index in [1.165, 1.54) is 11.1 Å². The molecule has 0 bridgehead atoms. The van der Waals surface area contributed by atoms with Crippen molar-refractivity contribution in [3.63, 3.8) is 0 Å². The second-order valence-electron chi connectivity index (χ2n) is 10.2. The number of carbonyl (C=O) groups excluding carboxylic acids is 2. The van der Waals surface area contributed by atoms with Gasteiger partial charge >= 0.3 is 5.69 Å². The van der Waals surface area contributed by atoms with Crippen molar-refractivity contribution in [1.29, 1.82) is 0 Å². The molecule has 2 aromatic carbocycles. The highest BCUT2D eigenvalue weighted by atomic mass is 35.5. The number of imide groups is 1. The average molecular weight is 594 g/mol. The third-order valence-corrected chi connectivity index (χ3v) is 7.56. The first-order chi connectivity index (χ1) is 19.8. The van der Waals surface area contributed by atoms with E-state index in [0.29, 0.717) is 53.5 Å². The molecule has 1 aliphatic carbocycles. The SMILES string of the molecule is Cl.NCC1CCC(C(=O)N(C(=O)[C@@H](N)Cc2ccc(-c3c[nH]c(=O)[nH]c3=O)cc2)c2ccc(-c3nn[nH]n3)cc2)CC1. The number of nitrogens with one attached hydrogen (secondary N) is 3. The van der Waals surface area contributed by atoms with E-state index in [2.05, 4.69) is 30.6 Å². The zero-order valence-electron chi connectivity index (χ0n) is 22.7. The summed E-state index contributed by atoms with van der Waals surface area (Å²) in [6.45, 7) is 0.585. The maximum atomic E-state index is 13.8. The van der Waals surface area contributed by atoms with Crippen LogP contribution in [0.4, 0.5) is 5.69 Å². The molecule has 0 unspecified atom stereocenters. The van der Waals surface area contributed by atoms with E-state index in [9.17, 15) is 19.2 Å². The molecule has 4 aromatic rings. The van der Waals surface area contributed by atoms with E-state index in [0.717, 1.165) is 18.4 Å². The predicted octanol–water partition coefficient (Wildman–Crippen LogP) is 1.53. The summed E-state index contributed by atoms with van der Waals surface area (Å²) >= 11 is 0. The average Bonchev–Trinajstić information content (AvgIpc) is 3.53. The third-order valence-electron chi connectivity index (χ3n) is 7.56. The summed E-state index contributed by atoms with van der Waals surface area (Å²) in [5.41, 5.74) is 13.9. The molecule has 0 aliphatic heterocycles. The van der Waals surface area contributed by atoms with E-state index in [1.807, 2.05) is 0 Å². The Balaban J connectivity index is 0.00000405. The van der Waals surface area contributed by atoms with E-state index in [1.54, 1.807) is 48.5 Å². The van der Waals surface area contributed by atoms with Crippen molar-refractivity contribution >= 4 is 29.9 Å². The molecule has 14 heteroatoms. The van der Waals surface area contributed by atoms with Crippen LogP contribution in [-0.2, 0) is 16.0 Å². The molecule has 7 N–H and O–H groups in total. The number of nitrogens with zero attached hydrogens (tertiary/aromatic N) is 4. The minimum absolute atomic E-state index is 0. The highest BCUT2D eigenvalue weighted by molar-refractivity contribution is 6.17. The largest absolute Gasteiger partial charge is 0.330 e. The number of rotatable bonds is 8. The monoisotopic (exact) mass is 593 g/mol. The molecule has 2 aromatic heterocycles. The molecule has 1 fully saturated rings. The van der Waals surface area contributed by atoms with Gasteiger partial charge in [-0.05, 0) is 85.2 Å². The zero-order valence-corrected chi connectivity index (χ0v) is 23.5. The van der Waals surface area contributed by atoms with E-state index < -0.39 is 23.2 Å². The van der Waals surface area contributed by atoms with Gasteiger partial charge in [0.1, 0.15) is 0 Å². The molecule has 1 saturated carbocycles. The van der Waals surface area contributed by atoms with Crippen LogP contribution in [0.15, 0.2) is 64.3 Å². The minimum atomic E-state index is -1.00. The highest BCUT2D eigenvalue weighted by Gasteiger charge is 2.35. The van der Waals surface area contributed by atoms with Crippen molar-refractivity contribution in [3.05, 3.63) is 81.1 Å².